The highest BCUT2D eigenvalue weighted by Gasteiger charge is 2.59. The second kappa shape index (κ2) is 2.10. The predicted molar refractivity (Wildman–Crippen MR) is 41.7 cm³/mol. The topological polar surface area (TPSA) is 38.7 Å². The Balaban J connectivity index is 1.99. The molecule has 0 amide bonds. The summed E-state index contributed by atoms with van der Waals surface area (Å²) in [6, 6.07) is 0. The van der Waals surface area contributed by atoms with Crippen LogP contribution >= 0.6 is 0 Å². The number of fused-ring (bicyclic) bond motifs is 1. The van der Waals surface area contributed by atoms with Gasteiger partial charge in [-0.2, -0.15) is 0 Å². The minimum Gasteiger partial charge on any atom is -0.394 e. The average molecular weight is 168 g/mol. The van der Waals surface area contributed by atoms with Crippen molar-refractivity contribution >= 4 is 0 Å². The molecule has 1 spiro atoms. The highest BCUT2D eigenvalue weighted by atomic mass is 16.6. The molecular weight excluding hydrogens is 156 g/mol. The molecule has 0 aliphatic carbocycles. The fraction of sp³-hybridized carbons (Fsp3) is 0.778. The maximum Gasteiger partial charge on any atom is 0.120 e. The molecule has 2 bridgehead atoms. The van der Waals surface area contributed by atoms with Crippen molar-refractivity contribution in [2.45, 2.75) is 24.2 Å². The van der Waals surface area contributed by atoms with Crippen molar-refractivity contribution in [2.24, 2.45) is 5.92 Å². The first kappa shape index (κ1) is 7.06. The zero-order valence-electron chi connectivity index (χ0n) is 6.77. The second-order valence-electron chi connectivity index (χ2n) is 3.81. The lowest BCUT2D eigenvalue weighted by atomic mass is 9.82. The summed E-state index contributed by atoms with van der Waals surface area (Å²) < 4.78 is 11.3. The van der Waals surface area contributed by atoms with Gasteiger partial charge in [0.05, 0.1) is 19.3 Å². The van der Waals surface area contributed by atoms with E-state index in [4.69, 9.17) is 14.6 Å². The molecular formula is C9H12O3. The number of hydrogen-bond acceptors (Lipinski definition) is 3. The molecule has 66 valence electrons. The number of aliphatic hydroxyl groups excluding tert-OH is 1. The Hall–Kier alpha value is -0.380. The Labute approximate surface area is 71.0 Å². The first-order valence-electron chi connectivity index (χ1n) is 4.45. The fourth-order valence-corrected chi connectivity index (χ4v) is 2.62. The third kappa shape index (κ3) is 0.632. The van der Waals surface area contributed by atoms with Gasteiger partial charge >= 0.3 is 0 Å². The van der Waals surface area contributed by atoms with E-state index < -0.39 is 0 Å². The highest BCUT2D eigenvalue weighted by molar-refractivity contribution is 5.25. The first-order valence-corrected chi connectivity index (χ1v) is 4.45. The van der Waals surface area contributed by atoms with Crippen LogP contribution in [0, 0.1) is 5.92 Å². The van der Waals surface area contributed by atoms with E-state index in [1.54, 1.807) is 0 Å². The van der Waals surface area contributed by atoms with Gasteiger partial charge in [-0.25, -0.2) is 0 Å². The molecule has 0 radical (unpaired) electrons. The van der Waals surface area contributed by atoms with Gasteiger partial charge < -0.3 is 14.6 Å². The predicted octanol–water partition coefficient (Wildman–Crippen LogP) is 0.0912. The Morgan fingerprint density at radius 2 is 2.50 bits per heavy atom. The van der Waals surface area contributed by atoms with E-state index in [1.165, 1.54) is 0 Å². The molecule has 3 aliphatic rings. The van der Waals surface area contributed by atoms with Crippen LogP contribution < -0.4 is 0 Å². The SMILES string of the molecule is OCC1OCC2CC3C=CC21O3. The van der Waals surface area contributed by atoms with Gasteiger partial charge in [-0.1, -0.05) is 12.2 Å². The van der Waals surface area contributed by atoms with Gasteiger partial charge in [0.2, 0.25) is 0 Å². The van der Waals surface area contributed by atoms with Gasteiger partial charge in [-0.3, -0.25) is 0 Å². The van der Waals surface area contributed by atoms with Crippen molar-refractivity contribution in [2.75, 3.05) is 13.2 Å². The minimum absolute atomic E-state index is 0.0631. The first-order chi connectivity index (χ1) is 5.85. The molecule has 3 rings (SSSR count). The summed E-state index contributed by atoms with van der Waals surface area (Å²) in [4.78, 5) is 0. The Bertz CT molecular complexity index is 238. The van der Waals surface area contributed by atoms with Crippen LogP contribution in [-0.4, -0.2) is 36.1 Å². The standard InChI is InChI=1S/C9H12O3/c10-4-8-9-2-1-7(12-9)3-6(9)5-11-8/h1-2,6-8,10H,3-5H2. The molecule has 3 aliphatic heterocycles. The largest absolute Gasteiger partial charge is 0.394 e. The number of rotatable bonds is 1. The van der Waals surface area contributed by atoms with E-state index in [0.29, 0.717) is 5.92 Å². The third-order valence-electron chi connectivity index (χ3n) is 3.25. The van der Waals surface area contributed by atoms with Gasteiger partial charge in [-0.15, -0.1) is 0 Å². The van der Waals surface area contributed by atoms with E-state index in [2.05, 4.69) is 12.2 Å². The van der Waals surface area contributed by atoms with Gasteiger partial charge in [-0.05, 0) is 6.42 Å². The average Bonchev–Trinajstić information content (AvgIpc) is 2.68. The van der Waals surface area contributed by atoms with Crippen LogP contribution in [0.15, 0.2) is 12.2 Å². The molecule has 4 atom stereocenters. The molecule has 0 aromatic carbocycles. The normalized spacial score (nSPS) is 54.9. The number of hydrogen-bond donors (Lipinski definition) is 1. The van der Waals surface area contributed by atoms with Crippen molar-refractivity contribution in [3.8, 4) is 0 Å². The minimum atomic E-state index is -0.264. The number of ether oxygens (including phenoxy) is 2. The van der Waals surface area contributed by atoms with Crippen LogP contribution in [0.3, 0.4) is 0 Å². The maximum atomic E-state index is 9.09. The van der Waals surface area contributed by atoms with Crippen LogP contribution in [0.2, 0.25) is 0 Å². The second-order valence-corrected chi connectivity index (χ2v) is 3.81. The molecule has 0 aromatic heterocycles. The summed E-state index contributed by atoms with van der Waals surface area (Å²) in [5.41, 5.74) is -0.264. The summed E-state index contributed by atoms with van der Waals surface area (Å²) in [5, 5.41) is 9.09. The summed E-state index contributed by atoms with van der Waals surface area (Å²) >= 11 is 0. The molecule has 1 N–H and O–H groups in total. The van der Waals surface area contributed by atoms with Crippen molar-refractivity contribution < 1.29 is 14.6 Å². The Morgan fingerprint density at radius 1 is 1.58 bits per heavy atom. The zero-order chi connectivity index (χ0) is 8.18. The van der Waals surface area contributed by atoms with Gasteiger partial charge in [0.25, 0.3) is 0 Å². The van der Waals surface area contributed by atoms with E-state index in [-0.39, 0.29) is 24.4 Å². The summed E-state index contributed by atoms with van der Waals surface area (Å²) in [5.74, 6) is 0.477. The van der Waals surface area contributed by atoms with Crippen LogP contribution in [0.5, 0.6) is 0 Å². The lowest BCUT2D eigenvalue weighted by Crippen LogP contribution is -2.41. The van der Waals surface area contributed by atoms with E-state index in [1.807, 2.05) is 0 Å². The summed E-state index contributed by atoms with van der Waals surface area (Å²) in [7, 11) is 0. The van der Waals surface area contributed by atoms with E-state index in [0.717, 1.165) is 13.0 Å². The zero-order valence-corrected chi connectivity index (χ0v) is 6.77. The van der Waals surface area contributed by atoms with E-state index >= 15 is 0 Å². The molecule has 3 heterocycles. The summed E-state index contributed by atoms with van der Waals surface area (Å²) in [6.07, 6.45) is 5.39. The van der Waals surface area contributed by atoms with Crippen LogP contribution in [0.1, 0.15) is 6.42 Å². The Morgan fingerprint density at radius 3 is 3.25 bits per heavy atom. The Kier molecular flexibility index (Phi) is 1.24. The molecule has 3 nitrogen and oxygen atoms in total. The number of aliphatic hydroxyl groups is 1. The third-order valence-corrected chi connectivity index (χ3v) is 3.25. The monoisotopic (exact) mass is 168 g/mol. The molecule has 2 saturated heterocycles. The summed E-state index contributed by atoms with van der Waals surface area (Å²) in [6.45, 7) is 0.805. The maximum absolute atomic E-state index is 9.09. The van der Waals surface area contributed by atoms with Gasteiger partial charge in [0.15, 0.2) is 0 Å². The molecule has 2 fully saturated rings. The van der Waals surface area contributed by atoms with Gasteiger partial charge in [0.1, 0.15) is 11.7 Å². The molecule has 0 aromatic rings. The lowest BCUT2D eigenvalue weighted by Gasteiger charge is -2.26. The molecule has 0 saturated carbocycles. The van der Waals surface area contributed by atoms with Crippen molar-refractivity contribution in [1.82, 2.24) is 0 Å². The van der Waals surface area contributed by atoms with Crippen LogP contribution in [0.4, 0.5) is 0 Å². The highest BCUT2D eigenvalue weighted by Crippen LogP contribution is 2.49. The van der Waals surface area contributed by atoms with Crippen molar-refractivity contribution in [1.29, 1.82) is 0 Å². The molecule has 3 heteroatoms. The van der Waals surface area contributed by atoms with Crippen LogP contribution in [0.25, 0.3) is 0 Å². The smallest absolute Gasteiger partial charge is 0.120 e. The lowest BCUT2D eigenvalue weighted by molar-refractivity contribution is -0.0654. The van der Waals surface area contributed by atoms with Crippen molar-refractivity contribution in [3.05, 3.63) is 12.2 Å². The fourth-order valence-electron chi connectivity index (χ4n) is 2.62. The molecule has 12 heavy (non-hydrogen) atoms. The molecule has 4 unspecified atom stereocenters. The van der Waals surface area contributed by atoms with E-state index in [9.17, 15) is 0 Å². The van der Waals surface area contributed by atoms with Crippen molar-refractivity contribution in [3.63, 3.8) is 0 Å². The van der Waals surface area contributed by atoms with Crippen LogP contribution in [-0.2, 0) is 9.47 Å². The van der Waals surface area contributed by atoms with Gasteiger partial charge in [0, 0.05) is 5.92 Å². The quantitative estimate of drug-likeness (QED) is 0.564.